The van der Waals surface area contributed by atoms with Crippen molar-refractivity contribution >= 4 is 10.8 Å². The summed E-state index contributed by atoms with van der Waals surface area (Å²) in [4.78, 5) is 6.80. The Morgan fingerprint density at radius 3 is 2.38 bits per heavy atom. The molecule has 200 valence electrons. The molecule has 1 aromatic heterocycles. The molecule has 0 saturated heterocycles. The van der Waals surface area contributed by atoms with Crippen molar-refractivity contribution in [3.63, 3.8) is 0 Å². The first kappa shape index (κ1) is 27.1. The van der Waals surface area contributed by atoms with E-state index in [4.69, 9.17) is 9.72 Å². The Morgan fingerprint density at radius 2 is 1.62 bits per heavy atom. The van der Waals surface area contributed by atoms with E-state index < -0.39 is 11.5 Å². The summed E-state index contributed by atoms with van der Waals surface area (Å²) in [6.45, 7) is 0.662. The Morgan fingerprint density at radius 1 is 0.925 bits per heavy atom. The van der Waals surface area contributed by atoms with Gasteiger partial charge in [0.05, 0.1) is 18.7 Å². The summed E-state index contributed by atoms with van der Waals surface area (Å²) in [6.07, 6.45) is 2.20. The summed E-state index contributed by atoms with van der Waals surface area (Å²) in [5.41, 5.74) is 3.38. The lowest BCUT2D eigenvalue weighted by atomic mass is 9.70. The highest BCUT2D eigenvalue weighted by Gasteiger charge is 2.43. The molecule has 0 fully saturated rings. The Bertz CT molecular complexity index is 1650. The first-order valence-corrected chi connectivity index (χ1v) is 13.4. The Hall–Kier alpha value is -4.50. The lowest BCUT2D eigenvalue weighted by molar-refractivity contribution is 0.00517. The second kappa shape index (κ2) is 11.7. The van der Waals surface area contributed by atoms with Crippen LogP contribution in [0.2, 0.25) is 0 Å². The zero-order valence-electron chi connectivity index (χ0n) is 23.1. The highest BCUT2D eigenvalue weighted by Crippen LogP contribution is 2.49. The molecule has 0 radical (unpaired) electrons. The Kier molecular flexibility index (Phi) is 7.93. The van der Waals surface area contributed by atoms with Gasteiger partial charge in [0.15, 0.2) is 0 Å². The summed E-state index contributed by atoms with van der Waals surface area (Å²) in [5, 5.41) is 25.0. The van der Waals surface area contributed by atoms with Crippen molar-refractivity contribution in [3.8, 4) is 23.1 Å². The van der Waals surface area contributed by atoms with Crippen LogP contribution in [0, 0.1) is 11.3 Å². The zero-order valence-corrected chi connectivity index (χ0v) is 23.1. The van der Waals surface area contributed by atoms with E-state index in [2.05, 4.69) is 29.2 Å². The van der Waals surface area contributed by atoms with Crippen molar-refractivity contribution in [1.29, 1.82) is 5.26 Å². The minimum absolute atomic E-state index is 0.440. The quantitative estimate of drug-likeness (QED) is 0.230. The molecular formula is C35H33N3O2. The molecule has 0 aliphatic carbocycles. The predicted molar refractivity (Wildman–Crippen MR) is 160 cm³/mol. The fourth-order valence-electron chi connectivity index (χ4n) is 5.62. The molecule has 2 atom stereocenters. The molecule has 0 bridgehead atoms. The van der Waals surface area contributed by atoms with Crippen molar-refractivity contribution in [3.05, 3.63) is 132 Å². The molecule has 40 heavy (non-hydrogen) atoms. The van der Waals surface area contributed by atoms with E-state index in [0.717, 1.165) is 38.6 Å². The smallest absolute Gasteiger partial charge is 0.217 e. The molecule has 5 heteroatoms. The van der Waals surface area contributed by atoms with Gasteiger partial charge in [0.2, 0.25) is 5.88 Å². The number of aromatic nitrogens is 1. The third-order valence-corrected chi connectivity index (χ3v) is 7.55. The molecule has 5 aromatic rings. The van der Waals surface area contributed by atoms with E-state index in [-0.39, 0.29) is 0 Å². The summed E-state index contributed by atoms with van der Waals surface area (Å²) in [5.74, 6) is -0.0772. The molecule has 0 aliphatic rings. The summed E-state index contributed by atoms with van der Waals surface area (Å²) < 4.78 is 5.84. The molecule has 0 aliphatic heterocycles. The van der Waals surface area contributed by atoms with Crippen LogP contribution in [0.25, 0.3) is 21.9 Å². The van der Waals surface area contributed by atoms with Gasteiger partial charge in [0.1, 0.15) is 5.60 Å². The van der Waals surface area contributed by atoms with Crippen LogP contribution in [0.15, 0.2) is 109 Å². The SMILES string of the molecule is COc1ncc(-c2ccccc2C#N)cc1C(c1ccccc1)C(O)(CCN(C)C)c1cccc2ccccc12. The first-order valence-electron chi connectivity index (χ1n) is 13.4. The number of benzene rings is 4. The Labute approximate surface area is 235 Å². The molecule has 0 amide bonds. The zero-order chi connectivity index (χ0) is 28.1. The average Bonchev–Trinajstić information content (AvgIpc) is 3.00. The molecule has 4 aromatic carbocycles. The van der Waals surface area contributed by atoms with Gasteiger partial charge in [-0.25, -0.2) is 4.98 Å². The number of hydrogen-bond donors (Lipinski definition) is 1. The molecule has 0 saturated carbocycles. The van der Waals surface area contributed by atoms with Crippen LogP contribution >= 0.6 is 0 Å². The van der Waals surface area contributed by atoms with Crippen LogP contribution in [-0.4, -0.2) is 42.7 Å². The van der Waals surface area contributed by atoms with Crippen molar-refractivity contribution in [2.45, 2.75) is 17.9 Å². The molecule has 1 N–H and O–H groups in total. The van der Waals surface area contributed by atoms with Crippen LogP contribution in [-0.2, 0) is 5.60 Å². The Balaban J connectivity index is 1.82. The second-order valence-corrected chi connectivity index (χ2v) is 10.3. The van der Waals surface area contributed by atoms with E-state index in [1.54, 1.807) is 19.4 Å². The minimum atomic E-state index is -1.32. The maximum Gasteiger partial charge on any atom is 0.217 e. The topological polar surface area (TPSA) is 69.4 Å². The number of ether oxygens (including phenoxy) is 1. The normalized spacial score (nSPS) is 13.5. The van der Waals surface area contributed by atoms with Gasteiger partial charge >= 0.3 is 0 Å². The summed E-state index contributed by atoms with van der Waals surface area (Å²) >= 11 is 0. The van der Waals surface area contributed by atoms with Crippen molar-refractivity contribution in [2.24, 2.45) is 0 Å². The lowest BCUT2D eigenvalue weighted by Gasteiger charge is -2.39. The number of hydrogen-bond acceptors (Lipinski definition) is 5. The lowest BCUT2D eigenvalue weighted by Crippen LogP contribution is -2.38. The highest BCUT2D eigenvalue weighted by atomic mass is 16.5. The third-order valence-electron chi connectivity index (χ3n) is 7.55. The average molecular weight is 528 g/mol. The number of nitriles is 1. The second-order valence-electron chi connectivity index (χ2n) is 10.3. The summed E-state index contributed by atoms with van der Waals surface area (Å²) in [7, 11) is 5.64. The number of pyridine rings is 1. The van der Waals surface area contributed by atoms with Crippen molar-refractivity contribution in [2.75, 3.05) is 27.7 Å². The standard InChI is InChI=1S/C35H33N3O2/c1-38(2)21-20-35(39,32-19-11-16-25-12-7-10-18-30(25)32)33(26-13-5-4-6-14-26)31-22-28(24-37-34(31)40-3)29-17-9-8-15-27(29)23-36/h4-19,22,24,33,39H,20-21H2,1-3H3. The number of methoxy groups -OCH3 is 1. The van der Waals surface area contributed by atoms with Crippen molar-refractivity contribution in [1.82, 2.24) is 9.88 Å². The monoisotopic (exact) mass is 527 g/mol. The molecule has 5 nitrogen and oxygen atoms in total. The first-order chi connectivity index (χ1) is 19.5. The van der Waals surface area contributed by atoms with Crippen molar-refractivity contribution < 1.29 is 9.84 Å². The van der Waals surface area contributed by atoms with Gasteiger partial charge in [0.25, 0.3) is 0 Å². The maximum atomic E-state index is 13.1. The molecule has 5 rings (SSSR count). The number of fused-ring (bicyclic) bond motifs is 1. The summed E-state index contributed by atoms with van der Waals surface area (Å²) in [6, 6.07) is 36.2. The minimum Gasteiger partial charge on any atom is -0.481 e. The van der Waals surface area contributed by atoms with Gasteiger partial charge in [-0.15, -0.1) is 0 Å². The fraction of sp³-hybridized carbons (Fsp3) is 0.200. The van der Waals surface area contributed by atoms with Gasteiger partial charge in [-0.3, -0.25) is 0 Å². The van der Waals surface area contributed by atoms with Gasteiger partial charge in [0, 0.05) is 35.3 Å². The number of nitrogens with zero attached hydrogens (tertiary/aromatic N) is 3. The fourth-order valence-corrected chi connectivity index (χ4v) is 5.62. The van der Waals surface area contributed by atoms with Crippen LogP contribution < -0.4 is 4.74 Å². The third kappa shape index (κ3) is 5.20. The number of aliphatic hydroxyl groups is 1. The van der Waals surface area contributed by atoms with Crippen LogP contribution in [0.1, 0.15) is 34.6 Å². The largest absolute Gasteiger partial charge is 0.481 e. The molecular weight excluding hydrogens is 494 g/mol. The molecule has 1 heterocycles. The van der Waals surface area contributed by atoms with Crippen LogP contribution in [0.4, 0.5) is 0 Å². The van der Waals surface area contributed by atoms with Gasteiger partial charge in [-0.05, 0) is 54.5 Å². The number of rotatable bonds is 9. The maximum absolute atomic E-state index is 13.1. The van der Waals surface area contributed by atoms with Gasteiger partial charge < -0.3 is 14.7 Å². The predicted octanol–water partition coefficient (Wildman–Crippen LogP) is 6.75. The van der Waals surface area contributed by atoms with Gasteiger partial charge in [-0.1, -0.05) is 91.0 Å². The van der Waals surface area contributed by atoms with E-state index in [1.165, 1.54) is 0 Å². The van der Waals surface area contributed by atoms with E-state index in [0.29, 0.717) is 24.4 Å². The highest BCUT2D eigenvalue weighted by molar-refractivity contribution is 5.87. The van der Waals surface area contributed by atoms with E-state index in [1.807, 2.05) is 93.0 Å². The van der Waals surface area contributed by atoms with E-state index >= 15 is 0 Å². The molecule has 0 spiro atoms. The van der Waals surface area contributed by atoms with Crippen LogP contribution in [0.3, 0.4) is 0 Å². The van der Waals surface area contributed by atoms with E-state index in [9.17, 15) is 10.4 Å². The van der Waals surface area contributed by atoms with Gasteiger partial charge in [-0.2, -0.15) is 5.26 Å². The molecule has 2 unspecified atom stereocenters. The van der Waals surface area contributed by atoms with Crippen LogP contribution in [0.5, 0.6) is 5.88 Å².